The monoisotopic (exact) mass is 263 g/mol. The Hall–Kier alpha value is -1.44. The Labute approximate surface area is 97.2 Å². The molecular formula is C9H11F2N3O2S. The lowest BCUT2D eigenvalue weighted by atomic mass is 10.3. The van der Waals surface area contributed by atoms with E-state index in [1.807, 2.05) is 0 Å². The molecule has 0 atom stereocenters. The molecule has 1 aromatic heterocycles. The van der Waals surface area contributed by atoms with E-state index in [1.54, 1.807) is 0 Å². The van der Waals surface area contributed by atoms with Crippen LogP contribution in [0.2, 0.25) is 0 Å². The lowest BCUT2D eigenvalue weighted by Gasteiger charge is -2.28. The maximum atomic E-state index is 13.5. The first-order valence-electron chi connectivity index (χ1n) is 4.96. The van der Waals surface area contributed by atoms with Crippen LogP contribution in [-0.4, -0.2) is 38.0 Å². The zero-order chi connectivity index (χ0) is 12.6. The second-order valence-electron chi connectivity index (χ2n) is 3.80. The minimum Gasteiger partial charge on any atom is -0.381 e. The van der Waals surface area contributed by atoms with Crippen molar-refractivity contribution in [2.75, 3.05) is 35.2 Å². The Morgan fingerprint density at radius 3 is 2.41 bits per heavy atom. The molecule has 0 amide bonds. The van der Waals surface area contributed by atoms with Gasteiger partial charge in [-0.15, -0.1) is 0 Å². The Morgan fingerprint density at radius 2 is 1.82 bits per heavy atom. The summed E-state index contributed by atoms with van der Waals surface area (Å²) in [5.41, 5.74) is 5.25. The van der Waals surface area contributed by atoms with Crippen molar-refractivity contribution in [3.8, 4) is 0 Å². The van der Waals surface area contributed by atoms with Gasteiger partial charge in [-0.25, -0.2) is 22.2 Å². The standard InChI is InChI=1S/C9H11F2N3O2S/c10-6-5-7(11)9(13-8(6)12)14-1-3-17(15,16)4-2-14/h5H,1-4H2,(H2,12,13). The van der Waals surface area contributed by atoms with Crippen LogP contribution in [0.3, 0.4) is 0 Å². The first-order chi connectivity index (χ1) is 7.89. The van der Waals surface area contributed by atoms with E-state index in [1.165, 1.54) is 4.90 Å². The number of pyridine rings is 1. The summed E-state index contributed by atoms with van der Waals surface area (Å²) in [6, 6.07) is 0.654. The highest BCUT2D eigenvalue weighted by Crippen LogP contribution is 2.22. The Balaban J connectivity index is 2.27. The lowest BCUT2D eigenvalue weighted by Crippen LogP contribution is -2.41. The number of hydrogen-bond acceptors (Lipinski definition) is 5. The van der Waals surface area contributed by atoms with Crippen LogP contribution in [0.25, 0.3) is 0 Å². The molecule has 94 valence electrons. The highest BCUT2D eigenvalue weighted by atomic mass is 32.2. The number of aromatic nitrogens is 1. The minimum absolute atomic E-state index is 0.0641. The maximum absolute atomic E-state index is 13.5. The molecule has 0 aliphatic carbocycles. The van der Waals surface area contributed by atoms with Crippen molar-refractivity contribution >= 4 is 21.5 Å². The van der Waals surface area contributed by atoms with E-state index in [4.69, 9.17) is 5.73 Å². The third kappa shape index (κ3) is 2.46. The third-order valence-corrected chi connectivity index (χ3v) is 4.19. The number of nitrogens with zero attached hydrogens (tertiary/aromatic N) is 2. The van der Waals surface area contributed by atoms with Crippen molar-refractivity contribution in [2.45, 2.75) is 0 Å². The van der Waals surface area contributed by atoms with E-state index >= 15 is 0 Å². The molecule has 5 nitrogen and oxygen atoms in total. The number of hydrogen-bond donors (Lipinski definition) is 1. The predicted molar refractivity (Wildman–Crippen MR) is 59.4 cm³/mol. The summed E-state index contributed by atoms with van der Waals surface area (Å²) < 4.78 is 48.8. The molecule has 1 aliphatic heterocycles. The van der Waals surface area contributed by atoms with Gasteiger partial charge in [0.25, 0.3) is 0 Å². The van der Waals surface area contributed by atoms with Gasteiger partial charge in [-0.2, -0.15) is 0 Å². The smallest absolute Gasteiger partial charge is 0.168 e. The SMILES string of the molecule is Nc1nc(N2CCS(=O)(=O)CC2)c(F)cc1F. The fraction of sp³-hybridized carbons (Fsp3) is 0.444. The second-order valence-corrected chi connectivity index (χ2v) is 6.10. The second kappa shape index (κ2) is 4.10. The number of halogens is 2. The summed E-state index contributed by atoms with van der Waals surface area (Å²) in [5, 5.41) is 0. The normalized spacial score (nSPS) is 19.3. The fourth-order valence-electron chi connectivity index (χ4n) is 1.62. The molecule has 0 aromatic carbocycles. The molecule has 0 bridgehead atoms. The molecule has 1 aliphatic rings. The van der Waals surface area contributed by atoms with Crippen LogP contribution < -0.4 is 10.6 Å². The van der Waals surface area contributed by atoms with Crippen molar-refractivity contribution < 1.29 is 17.2 Å². The number of sulfone groups is 1. The number of nitrogen functional groups attached to an aromatic ring is 1. The van der Waals surface area contributed by atoms with Crippen molar-refractivity contribution in [2.24, 2.45) is 0 Å². The van der Waals surface area contributed by atoms with Crippen LogP contribution in [-0.2, 0) is 9.84 Å². The summed E-state index contributed by atoms with van der Waals surface area (Å²) in [6.45, 7) is 0.272. The quantitative estimate of drug-likeness (QED) is 0.782. The zero-order valence-electron chi connectivity index (χ0n) is 8.86. The van der Waals surface area contributed by atoms with Gasteiger partial charge in [-0.05, 0) is 0 Å². The van der Waals surface area contributed by atoms with Crippen molar-refractivity contribution in [3.63, 3.8) is 0 Å². The molecule has 0 spiro atoms. The molecule has 1 aromatic rings. The molecule has 0 saturated carbocycles. The summed E-state index contributed by atoms with van der Waals surface area (Å²) in [5.74, 6) is -2.38. The molecule has 2 rings (SSSR count). The molecule has 2 heterocycles. The molecular weight excluding hydrogens is 252 g/mol. The highest BCUT2D eigenvalue weighted by Gasteiger charge is 2.25. The molecule has 1 saturated heterocycles. The summed E-state index contributed by atoms with van der Waals surface area (Å²) in [4.78, 5) is 5.05. The van der Waals surface area contributed by atoms with Crippen LogP contribution in [0.4, 0.5) is 20.4 Å². The first kappa shape index (κ1) is 12.0. The first-order valence-corrected chi connectivity index (χ1v) is 6.78. The van der Waals surface area contributed by atoms with Crippen LogP contribution in [0.5, 0.6) is 0 Å². The number of rotatable bonds is 1. The average Bonchev–Trinajstić information content (AvgIpc) is 2.24. The van der Waals surface area contributed by atoms with Gasteiger partial charge in [-0.3, -0.25) is 0 Å². The third-order valence-electron chi connectivity index (χ3n) is 2.58. The predicted octanol–water partition coefficient (Wildman–Crippen LogP) is 0.177. The molecule has 17 heavy (non-hydrogen) atoms. The summed E-state index contributed by atoms with van der Waals surface area (Å²) >= 11 is 0. The molecule has 2 N–H and O–H groups in total. The van der Waals surface area contributed by atoms with E-state index in [9.17, 15) is 17.2 Å². The van der Waals surface area contributed by atoms with E-state index in [0.717, 1.165) is 0 Å². The zero-order valence-corrected chi connectivity index (χ0v) is 9.67. The number of anilines is 2. The molecule has 0 unspecified atom stereocenters. The van der Waals surface area contributed by atoms with Gasteiger partial charge in [0, 0.05) is 19.2 Å². The van der Waals surface area contributed by atoms with Gasteiger partial charge in [0.15, 0.2) is 33.1 Å². The molecule has 1 fully saturated rings. The number of nitrogens with two attached hydrogens (primary N) is 1. The van der Waals surface area contributed by atoms with E-state index in [-0.39, 0.29) is 30.4 Å². The van der Waals surface area contributed by atoms with Crippen molar-refractivity contribution in [1.29, 1.82) is 0 Å². The average molecular weight is 263 g/mol. The van der Waals surface area contributed by atoms with Gasteiger partial charge < -0.3 is 10.6 Å². The van der Waals surface area contributed by atoms with E-state index in [2.05, 4.69) is 4.98 Å². The van der Waals surface area contributed by atoms with Crippen LogP contribution in [0, 0.1) is 11.6 Å². The fourth-order valence-corrected chi connectivity index (χ4v) is 2.82. The lowest BCUT2D eigenvalue weighted by molar-refractivity contribution is 0.564. The van der Waals surface area contributed by atoms with Gasteiger partial charge in [-0.1, -0.05) is 0 Å². The van der Waals surface area contributed by atoms with Crippen LogP contribution in [0.15, 0.2) is 6.07 Å². The molecule has 8 heteroatoms. The topological polar surface area (TPSA) is 76.3 Å². The Morgan fingerprint density at radius 1 is 1.24 bits per heavy atom. The van der Waals surface area contributed by atoms with E-state index in [0.29, 0.717) is 6.07 Å². The van der Waals surface area contributed by atoms with Gasteiger partial charge in [0.05, 0.1) is 11.5 Å². The van der Waals surface area contributed by atoms with E-state index < -0.39 is 27.3 Å². The summed E-state index contributed by atoms with van der Waals surface area (Å²) in [6.07, 6.45) is 0. The van der Waals surface area contributed by atoms with Crippen LogP contribution in [0.1, 0.15) is 0 Å². The highest BCUT2D eigenvalue weighted by molar-refractivity contribution is 7.91. The Bertz CT molecular complexity index is 533. The van der Waals surface area contributed by atoms with Gasteiger partial charge >= 0.3 is 0 Å². The van der Waals surface area contributed by atoms with Crippen molar-refractivity contribution in [3.05, 3.63) is 17.7 Å². The summed E-state index contributed by atoms with van der Waals surface area (Å²) in [7, 11) is -3.05. The minimum atomic E-state index is -3.05. The largest absolute Gasteiger partial charge is 0.381 e. The molecule has 0 radical (unpaired) electrons. The van der Waals surface area contributed by atoms with Gasteiger partial charge in [0.2, 0.25) is 0 Å². The Kier molecular flexibility index (Phi) is 2.90. The van der Waals surface area contributed by atoms with Crippen molar-refractivity contribution in [1.82, 2.24) is 4.98 Å². The maximum Gasteiger partial charge on any atom is 0.168 e. The van der Waals surface area contributed by atoms with Crippen LogP contribution >= 0.6 is 0 Å². The van der Waals surface area contributed by atoms with Gasteiger partial charge in [0.1, 0.15) is 0 Å².